The quantitative estimate of drug-likeness (QED) is 0.719. The molecule has 0 amide bonds. The maximum absolute atomic E-state index is 5.90. The Hall–Kier alpha value is -2.62. The number of hydrogen-bond donors (Lipinski definition) is 1. The van der Waals surface area contributed by atoms with Crippen molar-refractivity contribution in [1.29, 1.82) is 0 Å². The van der Waals surface area contributed by atoms with Gasteiger partial charge >= 0.3 is 0 Å². The van der Waals surface area contributed by atoms with Crippen molar-refractivity contribution >= 4 is 16.5 Å². The number of nitrogens with zero attached hydrogens (tertiary/aromatic N) is 2. The van der Waals surface area contributed by atoms with Crippen LogP contribution in [0.2, 0.25) is 0 Å². The van der Waals surface area contributed by atoms with Crippen LogP contribution in [0.3, 0.4) is 0 Å². The molecule has 4 heteroatoms. The number of aromatic nitrogens is 2. The van der Waals surface area contributed by atoms with Crippen LogP contribution in [0.15, 0.2) is 42.5 Å². The van der Waals surface area contributed by atoms with Crippen molar-refractivity contribution in [3.8, 4) is 11.6 Å². The standard InChI is InChI=1S/C16H15N3O/c1-10-7-8-12(17)9-15(10)20-16-14-6-4-3-5-13(14)11(2)18-19-16/h3-9H,17H2,1-2H3. The van der Waals surface area contributed by atoms with Gasteiger partial charge in [0.15, 0.2) is 0 Å². The van der Waals surface area contributed by atoms with Crippen LogP contribution in [0.5, 0.6) is 11.6 Å². The zero-order chi connectivity index (χ0) is 14.1. The zero-order valence-corrected chi connectivity index (χ0v) is 11.4. The van der Waals surface area contributed by atoms with Crippen molar-refractivity contribution in [2.45, 2.75) is 13.8 Å². The summed E-state index contributed by atoms with van der Waals surface area (Å²) >= 11 is 0. The first-order valence-corrected chi connectivity index (χ1v) is 6.41. The Morgan fingerprint density at radius 1 is 0.950 bits per heavy atom. The Balaban J connectivity index is 2.11. The molecule has 1 heterocycles. The number of benzene rings is 2. The van der Waals surface area contributed by atoms with Crippen molar-refractivity contribution in [3.63, 3.8) is 0 Å². The molecule has 0 radical (unpaired) electrons. The molecular formula is C16H15N3O. The molecule has 20 heavy (non-hydrogen) atoms. The molecule has 0 aliphatic carbocycles. The normalized spacial score (nSPS) is 10.7. The SMILES string of the molecule is Cc1ccc(N)cc1Oc1nnc(C)c2ccccc12. The molecule has 2 N–H and O–H groups in total. The molecule has 4 nitrogen and oxygen atoms in total. The van der Waals surface area contributed by atoms with E-state index in [4.69, 9.17) is 10.5 Å². The van der Waals surface area contributed by atoms with Gasteiger partial charge in [-0.15, -0.1) is 5.10 Å². The first kappa shape index (κ1) is 12.4. The summed E-state index contributed by atoms with van der Waals surface area (Å²) in [7, 11) is 0. The van der Waals surface area contributed by atoms with Crippen LogP contribution in [0.4, 0.5) is 5.69 Å². The molecule has 0 spiro atoms. The summed E-state index contributed by atoms with van der Waals surface area (Å²) in [6, 6.07) is 13.5. The van der Waals surface area contributed by atoms with Crippen molar-refractivity contribution in [2.75, 3.05) is 5.73 Å². The first-order chi connectivity index (χ1) is 9.65. The number of fused-ring (bicyclic) bond motifs is 1. The summed E-state index contributed by atoms with van der Waals surface area (Å²) in [5, 5.41) is 10.3. The van der Waals surface area contributed by atoms with E-state index in [2.05, 4.69) is 10.2 Å². The van der Waals surface area contributed by atoms with Crippen molar-refractivity contribution in [1.82, 2.24) is 10.2 Å². The van der Waals surface area contributed by atoms with Crippen LogP contribution < -0.4 is 10.5 Å². The summed E-state index contributed by atoms with van der Waals surface area (Å²) < 4.78 is 5.90. The molecule has 0 aliphatic heterocycles. The molecule has 0 saturated heterocycles. The Bertz CT molecular complexity index is 784. The van der Waals surface area contributed by atoms with E-state index in [1.165, 1.54) is 0 Å². The van der Waals surface area contributed by atoms with Gasteiger partial charge in [0.2, 0.25) is 5.88 Å². The van der Waals surface area contributed by atoms with Crippen molar-refractivity contribution < 1.29 is 4.74 Å². The number of hydrogen-bond acceptors (Lipinski definition) is 4. The zero-order valence-electron chi connectivity index (χ0n) is 11.4. The van der Waals surface area contributed by atoms with Gasteiger partial charge < -0.3 is 10.5 Å². The Kier molecular flexibility index (Phi) is 2.99. The molecular weight excluding hydrogens is 250 g/mol. The van der Waals surface area contributed by atoms with E-state index in [-0.39, 0.29) is 0 Å². The highest BCUT2D eigenvalue weighted by Gasteiger charge is 2.09. The molecule has 0 bridgehead atoms. The molecule has 100 valence electrons. The van der Waals surface area contributed by atoms with Gasteiger partial charge in [-0.25, -0.2) is 0 Å². The van der Waals surface area contributed by atoms with E-state index in [0.29, 0.717) is 17.3 Å². The highest BCUT2D eigenvalue weighted by atomic mass is 16.5. The van der Waals surface area contributed by atoms with E-state index in [1.54, 1.807) is 6.07 Å². The number of ether oxygens (including phenoxy) is 1. The third-order valence-corrected chi connectivity index (χ3v) is 3.26. The Morgan fingerprint density at radius 3 is 2.50 bits per heavy atom. The van der Waals surface area contributed by atoms with Gasteiger partial charge in [0.05, 0.1) is 5.69 Å². The van der Waals surface area contributed by atoms with Crippen LogP contribution in [0, 0.1) is 13.8 Å². The lowest BCUT2D eigenvalue weighted by Crippen LogP contribution is -1.97. The second-order valence-electron chi connectivity index (χ2n) is 4.76. The minimum atomic E-state index is 0.500. The fourth-order valence-corrected chi connectivity index (χ4v) is 2.12. The minimum absolute atomic E-state index is 0.500. The van der Waals surface area contributed by atoms with Crippen LogP contribution >= 0.6 is 0 Å². The first-order valence-electron chi connectivity index (χ1n) is 6.41. The fourth-order valence-electron chi connectivity index (χ4n) is 2.12. The van der Waals surface area contributed by atoms with Gasteiger partial charge in [0, 0.05) is 22.5 Å². The van der Waals surface area contributed by atoms with E-state index in [0.717, 1.165) is 22.0 Å². The van der Waals surface area contributed by atoms with Gasteiger partial charge in [-0.1, -0.05) is 24.3 Å². The average molecular weight is 265 g/mol. The number of anilines is 1. The Morgan fingerprint density at radius 2 is 1.70 bits per heavy atom. The summed E-state index contributed by atoms with van der Waals surface area (Å²) in [6.45, 7) is 3.91. The van der Waals surface area contributed by atoms with Crippen LogP contribution in [0.25, 0.3) is 10.8 Å². The third-order valence-electron chi connectivity index (χ3n) is 3.26. The maximum atomic E-state index is 5.90. The monoisotopic (exact) mass is 265 g/mol. The lowest BCUT2D eigenvalue weighted by atomic mass is 10.1. The van der Waals surface area contributed by atoms with Gasteiger partial charge in [-0.05, 0) is 31.5 Å². The molecule has 0 atom stereocenters. The Labute approximate surface area is 117 Å². The maximum Gasteiger partial charge on any atom is 0.246 e. The highest BCUT2D eigenvalue weighted by molar-refractivity contribution is 5.88. The van der Waals surface area contributed by atoms with E-state index in [9.17, 15) is 0 Å². The number of aryl methyl sites for hydroxylation is 2. The van der Waals surface area contributed by atoms with Gasteiger partial charge in [0.1, 0.15) is 5.75 Å². The molecule has 0 aliphatic rings. The topological polar surface area (TPSA) is 61.0 Å². The van der Waals surface area contributed by atoms with Crippen LogP contribution in [-0.4, -0.2) is 10.2 Å². The predicted octanol–water partition coefficient (Wildman–Crippen LogP) is 3.62. The van der Waals surface area contributed by atoms with Crippen LogP contribution in [-0.2, 0) is 0 Å². The highest BCUT2D eigenvalue weighted by Crippen LogP contribution is 2.31. The lowest BCUT2D eigenvalue weighted by molar-refractivity contribution is 0.458. The van der Waals surface area contributed by atoms with Gasteiger partial charge in [0.25, 0.3) is 0 Å². The molecule has 0 saturated carbocycles. The van der Waals surface area contributed by atoms with E-state index < -0.39 is 0 Å². The van der Waals surface area contributed by atoms with Crippen molar-refractivity contribution in [2.24, 2.45) is 0 Å². The summed E-state index contributed by atoms with van der Waals surface area (Å²) in [5.41, 5.74) is 8.36. The molecule has 2 aromatic carbocycles. The number of nitrogens with two attached hydrogens (primary N) is 1. The van der Waals surface area contributed by atoms with Crippen molar-refractivity contribution in [3.05, 3.63) is 53.7 Å². The smallest absolute Gasteiger partial charge is 0.246 e. The summed E-state index contributed by atoms with van der Waals surface area (Å²) in [6.07, 6.45) is 0. The number of nitrogen functional groups attached to an aromatic ring is 1. The third kappa shape index (κ3) is 2.16. The summed E-state index contributed by atoms with van der Waals surface area (Å²) in [4.78, 5) is 0. The molecule has 3 rings (SSSR count). The molecule has 3 aromatic rings. The van der Waals surface area contributed by atoms with Crippen LogP contribution in [0.1, 0.15) is 11.3 Å². The van der Waals surface area contributed by atoms with E-state index >= 15 is 0 Å². The summed E-state index contributed by atoms with van der Waals surface area (Å²) in [5.74, 6) is 1.20. The lowest BCUT2D eigenvalue weighted by Gasteiger charge is -2.11. The second kappa shape index (κ2) is 4.81. The minimum Gasteiger partial charge on any atom is -0.437 e. The molecule has 0 fully saturated rings. The van der Waals surface area contributed by atoms with E-state index in [1.807, 2.05) is 50.2 Å². The van der Waals surface area contributed by atoms with Gasteiger partial charge in [-0.3, -0.25) is 0 Å². The largest absolute Gasteiger partial charge is 0.437 e. The molecule has 0 unspecified atom stereocenters. The second-order valence-corrected chi connectivity index (χ2v) is 4.76. The predicted molar refractivity (Wildman–Crippen MR) is 79.9 cm³/mol. The fraction of sp³-hybridized carbons (Fsp3) is 0.125. The molecule has 1 aromatic heterocycles. The van der Waals surface area contributed by atoms with Gasteiger partial charge in [-0.2, -0.15) is 5.10 Å². The number of rotatable bonds is 2. The average Bonchev–Trinajstić information content (AvgIpc) is 2.46.